The Morgan fingerprint density at radius 1 is 0.733 bits per heavy atom. The van der Waals surface area contributed by atoms with Crippen molar-refractivity contribution in [2.75, 3.05) is 0 Å². The topological polar surface area (TPSA) is 87.3 Å². The second-order valence-electron chi connectivity index (χ2n) is 6.51. The summed E-state index contributed by atoms with van der Waals surface area (Å²) in [6.45, 7) is 0. The standard InChI is InChI=1S/C23H20ClN3O3/c24-19-14-8-7-13-18(19)22(29)26-27-23(30)20(15-16-9-3-1-4-10-16)25-21(28)17-11-5-2-6-12-17/h1-14,20H,15H2,(H,25,28)(H,26,29)(H,27,30). The van der Waals surface area contributed by atoms with E-state index >= 15 is 0 Å². The number of hydrogen-bond acceptors (Lipinski definition) is 3. The Bertz CT molecular complexity index is 1030. The number of carbonyl (C=O) groups excluding carboxylic acids is 3. The van der Waals surface area contributed by atoms with Gasteiger partial charge in [0.15, 0.2) is 0 Å². The molecule has 0 spiro atoms. The van der Waals surface area contributed by atoms with Gasteiger partial charge in [-0.25, -0.2) is 0 Å². The van der Waals surface area contributed by atoms with Crippen molar-refractivity contribution < 1.29 is 14.4 Å². The number of hydrazine groups is 1. The van der Waals surface area contributed by atoms with Gasteiger partial charge in [-0.1, -0.05) is 72.3 Å². The van der Waals surface area contributed by atoms with E-state index in [0.29, 0.717) is 5.56 Å². The molecule has 3 rings (SSSR count). The first-order valence-corrected chi connectivity index (χ1v) is 9.67. The van der Waals surface area contributed by atoms with Gasteiger partial charge in [-0.05, 0) is 29.8 Å². The van der Waals surface area contributed by atoms with Crippen LogP contribution in [0.2, 0.25) is 5.02 Å². The highest BCUT2D eigenvalue weighted by Crippen LogP contribution is 2.14. The monoisotopic (exact) mass is 421 g/mol. The fraction of sp³-hybridized carbons (Fsp3) is 0.0870. The van der Waals surface area contributed by atoms with Gasteiger partial charge in [0.25, 0.3) is 17.7 Å². The van der Waals surface area contributed by atoms with E-state index in [2.05, 4.69) is 16.2 Å². The molecule has 6 nitrogen and oxygen atoms in total. The van der Waals surface area contributed by atoms with Crippen molar-refractivity contribution in [2.24, 2.45) is 0 Å². The second kappa shape index (κ2) is 10.2. The Morgan fingerprint density at radius 3 is 2.00 bits per heavy atom. The van der Waals surface area contributed by atoms with E-state index in [9.17, 15) is 14.4 Å². The average Bonchev–Trinajstić information content (AvgIpc) is 2.78. The van der Waals surface area contributed by atoms with Crippen molar-refractivity contribution >= 4 is 29.3 Å². The molecule has 0 aliphatic carbocycles. The molecule has 152 valence electrons. The molecule has 0 bridgehead atoms. The van der Waals surface area contributed by atoms with Crippen molar-refractivity contribution in [1.82, 2.24) is 16.2 Å². The van der Waals surface area contributed by atoms with Crippen LogP contribution < -0.4 is 16.2 Å². The zero-order valence-corrected chi connectivity index (χ0v) is 16.7. The highest BCUT2D eigenvalue weighted by atomic mass is 35.5. The van der Waals surface area contributed by atoms with Crippen LogP contribution in [0.5, 0.6) is 0 Å². The third-order valence-electron chi connectivity index (χ3n) is 4.36. The molecule has 0 radical (unpaired) electrons. The molecule has 3 aromatic carbocycles. The number of rotatable bonds is 6. The molecule has 0 aliphatic rings. The number of halogens is 1. The quantitative estimate of drug-likeness (QED) is 0.534. The first-order valence-electron chi connectivity index (χ1n) is 9.29. The van der Waals surface area contributed by atoms with Gasteiger partial charge in [0, 0.05) is 12.0 Å². The van der Waals surface area contributed by atoms with Gasteiger partial charge >= 0.3 is 0 Å². The Kier molecular flexibility index (Phi) is 7.19. The highest BCUT2D eigenvalue weighted by molar-refractivity contribution is 6.33. The minimum absolute atomic E-state index is 0.229. The van der Waals surface area contributed by atoms with Crippen molar-refractivity contribution in [3.8, 4) is 0 Å². The molecular formula is C23H20ClN3O3. The van der Waals surface area contributed by atoms with E-state index < -0.39 is 17.9 Å². The van der Waals surface area contributed by atoms with E-state index in [1.54, 1.807) is 54.6 Å². The Morgan fingerprint density at radius 2 is 1.33 bits per heavy atom. The largest absolute Gasteiger partial charge is 0.340 e. The van der Waals surface area contributed by atoms with Crippen molar-refractivity contribution in [3.63, 3.8) is 0 Å². The first-order chi connectivity index (χ1) is 14.5. The summed E-state index contributed by atoms with van der Waals surface area (Å²) in [4.78, 5) is 37.6. The minimum atomic E-state index is -0.897. The number of benzene rings is 3. The predicted octanol–water partition coefficient (Wildman–Crippen LogP) is 3.14. The summed E-state index contributed by atoms with van der Waals surface area (Å²) < 4.78 is 0. The average molecular weight is 422 g/mol. The van der Waals surface area contributed by atoms with Crippen molar-refractivity contribution in [1.29, 1.82) is 0 Å². The molecule has 3 N–H and O–H groups in total. The van der Waals surface area contributed by atoms with Crippen molar-refractivity contribution in [2.45, 2.75) is 12.5 Å². The van der Waals surface area contributed by atoms with Crippen LogP contribution in [0.15, 0.2) is 84.9 Å². The van der Waals surface area contributed by atoms with Crippen LogP contribution in [-0.4, -0.2) is 23.8 Å². The Hall–Kier alpha value is -3.64. The molecule has 0 aliphatic heterocycles. The van der Waals surface area contributed by atoms with E-state index in [1.807, 2.05) is 30.3 Å². The van der Waals surface area contributed by atoms with E-state index in [-0.39, 0.29) is 22.9 Å². The van der Waals surface area contributed by atoms with Gasteiger partial charge in [0.1, 0.15) is 6.04 Å². The maximum Gasteiger partial charge on any atom is 0.271 e. The molecule has 7 heteroatoms. The molecule has 30 heavy (non-hydrogen) atoms. The highest BCUT2D eigenvalue weighted by Gasteiger charge is 2.23. The fourth-order valence-electron chi connectivity index (χ4n) is 2.81. The molecule has 0 saturated carbocycles. The second-order valence-corrected chi connectivity index (χ2v) is 6.91. The van der Waals surface area contributed by atoms with Crippen LogP contribution in [0, 0.1) is 0 Å². The molecule has 0 saturated heterocycles. The van der Waals surface area contributed by atoms with Crippen LogP contribution in [0.25, 0.3) is 0 Å². The number of nitrogens with one attached hydrogen (secondary N) is 3. The maximum absolute atomic E-state index is 12.8. The maximum atomic E-state index is 12.8. The Labute approximate surface area is 179 Å². The van der Waals surface area contributed by atoms with Gasteiger partial charge in [0.05, 0.1) is 10.6 Å². The smallest absolute Gasteiger partial charge is 0.271 e. The van der Waals surface area contributed by atoms with Gasteiger partial charge in [0.2, 0.25) is 0 Å². The molecule has 3 amide bonds. The Balaban J connectivity index is 1.70. The molecule has 0 aromatic heterocycles. The van der Waals surface area contributed by atoms with Gasteiger partial charge in [-0.2, -0.15) is 0 Å². The molecule has 3 aromatic rings. The van der Waals surface area contributed by atoms with E-state index in [4.69, 9.17) is 11.6 Å². The molecular weight excluding hydrogens is 402 g/mol. The lowest BCUT2D eigenvalue weighted by atomic mass is 10.0. The third kappa shape index (κ3) is 5.68. The van der Waals surface area contributed by atoms with Crippen LogP contribution in [0.3, 0.4) is 0 Å². The zero-order valence-electron chi connectivity index (χ0n) is 16.0. The van der Waals surface area contributed by atoms with Crippen LogP contribution >= 0.6 is 11.6 Å². The lowest BCUT2D eigenvalue weighted by molar-refractivity contribution is -0.123. The van der Waals surface area contributed by atoms with Crippen LogP contribution in [0.1, 0.15) is 26.3 Å². The summed E-state index contributed by atoms with van der Waals surface area (Å²) >= 11 is 6.01. The molecule has 0 fully saturated rings. The van der Waals surface area contributed by atoms with E-state index in [0.717, 1.165) is 5.56 Å². The summed E-state index contributed by atoms with van der Waals surface area (Å²) in [5, 5.41) is 2.99. The minimum Gasteiger partial charge on any atom is -0.340 e. The third-order valence-corrected chi connectivity index (χ3v) is 4.69. The normalized spacial score (nSPS) is 11.2. The molecule has 0 heterocycles. The summed E-state index contributed by atoms with van der Waals surface area (Å²) in [5.74, 6) is -1.49. The lowest BCUT2D eigenvalue weighted by Gasteiger charge is -2.19. The van der Waals surface area contributed by atoms with Crippen LogP contribution in [0.4, 0.5) is 0 Å². The lowest BCUT2D eigenvalue weighted by Crippen LogP contribution is -2.53. The number of amides is 3. The van der Waals surface area contributed by atoms with Gasteiger partial charge in [-0.3, -0.25) is 25.2 Å². The number of hydrogen-bond donors (Lipinski definition) is 3. The summed E-state index contributed by atoms with van der Waals surface area (Å²) in [6.07, 6.45) is 0.257. The SMILES string of the molecule is O=C(NC(Cc1ccccc1)C(=O)NNC(=O)c1ccccc1Cl)c1ccccc1. The first kappa shape index (κ1) is 21.1. The van der Waals surface area contributed by atoms with E-state index in [1.165, 1.54) is 0 Å². The summed E-state index contributed by atoms with van der Waals surface area (Å²) in [5.41, 5.74) is 6.25. The van der Waals surface area contributed by atoms with Crippen molar-refractivity contribution in [3.05, 3.63) is 107 Å². The fourth-order valence-corrected chi connectivity index (χ4v) is 3.03. The van der Waals surface area contributed by atoms with Crippen LogP contribution in [-0.2, 0) is 11.2 Å². The zero-order chi connectivity index (χ0) is 21.3. The number of carbonyl (C=O) groups is 3. The predicted molar refractivity (Wildman–Crippen MR) is 115 cm³/mol. The van der Waals surface area contributed by atoms with Gasteiger partial charge < -0.3 is 5.32 Å². The molecule has 1 unspecified atom stereocenters. The molecule has 1 atom stereocenters. The summed E-state index contributed by atoms with van der Waals surface area (Å²) in [7, 11) is 0. The summed E-state index contributed by atoms with van der Waals surface area (Å²) in [6, 6.07) is 23.5. The van der Waals surface area contributed by atoms with Gasteiger partial charge in [-0.15, -0.1) is 0 Å².